The minimum absolute atomic E-state index is 0.182. The van der Waals surface area contributed by atoms with Gasteiger partial charge in [0.05, 0.1) is 37.2 Å². The number of aliphatic hydroxyl groups excluding tert-OH is 1. The minimum atomic E-state index is -1.15. The summed E-state index contributed by atoms with van der Waals surface area (Å²) in [5, 5.41) is 13.3. The van der Waals surface area contributed by atoms with Crippen molar-refractivity contribution in [1.29, 1.82) is 0 Å². The fourth-order valence-electron chi connectivity index (χ4n) is 5.89. The molecule has 3 unspecified atom stereocenters. The Labute approximate surface area is 208 Å². The lowest BCUT2D eigenvalue weighted by Gasteiger charge is -2.37. The van der Waals surface area contributed by atoms with E-state index in [9.17, 15) is 19.5 Å². The predicted octanol–water partition coefficient (Wildman–Crippen LogP) is 1.82. The van der Waals surface area contributed by atoms with E-state index in [0.29, 0.717) is 19.4 Å². The smallest absolute Gasteiger partial charge is 0.312 e. The number of carbonyl (C=O) groups is 3. The van der Waals surface area contributed by atoms with Gasteiger partial charge in [-0.1, -0.05) is 59.6 Å². The van der Waals surface area contributed by atoms with Crippen molar-refractivity contribution in [2.75, 3.05) is 19.8 Å². The zero-order valence-corrected chi connectivity index (χ0v) is 21.2. The number of fused-ring (bicyclic) bond motifs is 1. The fourth-order valence-corrected chi connectivity index (χ4v) is 6.83. The molecule has 9 heteroatoms. The first-order chi connectivity index (χ1) is 16.4. The van der Waals surface area contributed by atoms with Gasteiger partial charge in [-0.15, -0.1) is 0 Å². The number of amides is 2. The first-order valence-electron chi connectivity index (χ1n) is 12.1. The number of halogens is 1. The highest BCUT2D eigenvalue weighted by Gasteiger charge is 2.77. The van der Waals surface area contributed by atoms with Gasteiger partial charge < -0.3 is 24.8 Å². The molecular formula is C25H33BrN2O6. The summed E-state index contributed by atoms with van der Waals surface area (Å²) in [5.74, 6) is -2.73. The Morgan fingerprint density at radius 2 is 2.06 bits per heavy atom. The van der Waals surface area contributed by atoms with Gasteiger partial charge in [-0.3, -0.25) is 14.4 Å². The van der Waals surface area contributed by atoms with Crippen LogP contribution in [0.3, 0.4) is 0 Å². The van der Waals surface area contributed by atoms with Crippen LogP contribution in [0.1, 0.15) is 38.7 Å². The quantitative estimate of drug-likeness (QED) is 0.268. The molecule has 3 saturated heterocycles. The summed E-state index contributed by atoms with van der Waals surface area (Å²) in [7, 11) is 0. The average Bonchev–Trinajstić information content (AvgIpc) is 3.42. The van der Waals surface area contributed by atoms with Gasteiger partial charge in [0.1, 0.15) is 11.6 Å². The predicted molar refractivity (Wildman–Crippen MR) is 128 cm³/mol. The van der Waals surface area contributed by atoms with Crippen molar-refractivity contribution >= 4 is 33.7 Å². The van der Waals surface area contributed by atoms with Crippen molar-refractivity contribution in [2.24, 2.45) is 11.8 Å². The van der Waals surface area contributed by atoms with Crippen molar-refractivity contribution in [3.05, 3.63) is 35.9 Å². The Morgan fingerprint density at radius 3 is 2.71 bits per heavy atom. The van der Waals surface area contributed by atoms with Crippen LogP contribution in [0.25, 0.3) is 0 Å². The Hall–Kier alpha value is -1.97. The molecule has 4 rings (SSSR count). The summed E-state index contributed by atoms with van der Waals surface area (Å²) in [6.07, 6.45) is 2.00. The molecule has 3 aliphatic heterocycles. The molecule has 186 valence electrons. The third kappa shape index (κ3) is 4.16. The monoisotopic (exact) mass is 536 g/mol. The van der Waals surface area contributed by atoms with Crippen LogP contribution < -0.4 is 5.32 Å². The lowest BCUT2D eigenvalue weighted by atomic mass is 9.70. The third-order valence-corrected chi connectivity index (χ3v) is 8.13. The summed E-state index contributed by atoms with van der Waals surface area (Å²) in [4.78, 5) is 41.8. The van der Waals surface area contributed by atoms with E-state index in [-0.39, 0.29) is 29.9 Å². The van der Waals surface area contributed by atoms with Crippen LogP contribution >= 0.6 is 15.9 Å². The molecule has 0 aromatic heterocycles. The Balaban J connectivity index is 1.73. The van der Waals surface area contributed by atoms with Crippen molar-refractivity contribution < 1.29 is 29.0 Å². The molecular weight excluding hydrogens is 504 g/mol. The molecule has 1 aromatic carbocycles. The van der Waals surface area contributed by atoms with E-state index in [0.717, 1.165) is 18.4 Å². The molecule has 1 aromatic rings. The summed E-state index contributed by atoms with van der Waals surface area (Å²) >= 11 is 3.63. The van der Waals surface area contributed by atoms with Crippen LogP contribution in [-0.4, -0.2) is 76.2 Å². The number of nitrogens with one attached hydrogen (secondary N) is 1. The molecule has 34 heavy (non-hydrogen) atoms. The number of likely N-dealkylation sites (tertiary alicyclic amines) is 1. The Kier molecular flexibility index (Phi) is 7.64. The van der Waals surface area contributed by atoms with Gasteiger partial charge in [0.2, 0.25) is 11.8 Å². The Morgan fingerprint density at radius 1 is 1.32 bits per heavy atom. The molecule has 0 aliphatic carbocycles. The van der Waals surface area contributed by atoms with Gasteiger partial charge in [-0.2, -0.15) is 0 Å². The van der Waals surface area contributed by atoms with Gasteiger partial charge in [0, 0.05) is 11.4 Å². The first-order valence-corrected chi connectivity index (χ1v) is 13.0. The lowest BCUT2D eigenvalue weighted by Crippen LogP contribution is -2.58. The zero-order chi connectivity index (χ0) is 24.5. The number of alkyl halides is 1. The van der Waals surface area contributed by atoms with Crippen LogP contribution in [0, 0.1) is 11.8 Å². The van der Waals surface area contributed by atoms with Crippen LogP contribution in [0.5, 0.6) is 0 Å². The minimum Gasteiger partial charge on any atom is -0.466 e. The highest BCUT2D eigenvalue weighted by Crippen LogP contribution is 2.60. The van der Waals surface area contributed by atoms with Crippen LogP contribution in [-0.2, 0) is 30.3 Å². The third-order valence-electron chi connectivity index (χ3n) is 7.28. The van der Waals surface area contributed by atoms with Crippen LogP contribution in [0.15, 0.2) is 30.3 Å². The number of carbonyl (C=O) groups excluding carboxylic acids is 3. The van der Waals surface area contributed by atoms with Gasteiger partial charge in [-0.05, 0) is 31.7 Å². The maximum atomic E-state index is 14.0. The van der Waals surface area contributed by atoms with Crippen molar-refractivity contribution in [3.8, 4) is 0 Å². The number of hydrogen-bond acceptors (Lipinski definition) is 6. The second kappa shape index (κ2) is 10.3. The molecule has 0 radical (unpaired) electrons. The number of hydrogen-bond donors (Lipinski definition) is 2. The standard InChI is InChI=1S/C25H33BrN2O6/c1-3-5-11-27-22(30)21-25-13-17(26)20(34-25)18(24(32)33-4-2)19(25)23(31)28(21)16(14-29)12-15-9-7-6-8-10-15/h6-10,16-21,29H,3-5,11-14H2,1-2H3,(H,27,30)/t16-,17?,18+,19+,20+,21?,25?/m1/s1. The average molecular weight is 537 g/mol. The highest BCUT2D eigenvalue weighted by molar-refractivity contribution is 9.09. The van der Waals surface area contributed by atoms with E-state index in [1.54, 1.807) is 6.92 Å². The number of ether oxygens (including phenoxy) is 2. The molecule has 1 spiro atoms. The van der Waals surface area contributed by atoms with Gasteiger partial charge in [0.25, 0.3) is 0 Å². The van der Waals surface area contributed by atoms with Crippen molar-refractivity contribution in [3.63, 3.8) is 0 Å². The summed E-state index contributed by atoms with van der Waals surface area (Å²) in [6.45, 7) is 4.13. The van der Waals surface area contributed by atoms with Gasteiger partial charge in [0.15, 0.2) is 0 Å². The second-order valence-corrected chi connectivity index (χ2v) is 10.5. The van der Waals surface area contributed by atoms with E-state index in [1.807, 2.05) is 37.3 Å². The van der Waals surface area contributed by atoms with Crippen LogP contribution in [0.4, 0.5) is 0 Å². The molecule has 2 N–H and O–H groups in total. The highest BCUT2D eigenvalue weighted by atomic mass is 79.9. The van der Waals surface area contributed by atoms with Crippen molar-refractivity contribution in [2.45, 2.75) is 68.1 Å². The SMILES string of the molecule is CCCCNC(=O)C1N([C@@H](CO)Cc2ccccc2)C(=O)[C@@H]2[C@H](C(=O)OCC)[C@H]3OC12CC3Br. The summed E-state index contributed by atoms with van der Waals surface area (Å²) in [5.41, 5.74) is -0.201. The molecule has 3 heterocycles. The summed E-state index contributed by atoms with van der Waals surface area (Å²) in [6, 6.07) is 7.98. The number of esters is 1. The zero-order valence-electron chi connectivity index (χ0n) is 19.6. The molecule has 3 fully saturated rings. The first kappa shape index (κ1) is 25.1. The molecule has 0 saturated carbocycles. The molecule has 2 bridgehead atoms. The number of rotatable bonds is 10. The molecule has 7 atom stereocenters. The van der Waals surface area contributed by atoms with Gasteiger partial charge in [-0.25, -0.2) is 0 Å². The van der Waals surface area contributed by atoms with E-state index in [1.165, 1.54) is 4.90 Å². The molecule has 3 aliphatic rings. The molecule has 8 nitrogen and oxygen atoms in total. The van der Waals surface area contributed by atoms with E-state index < -0.39 is 41.6 Å². The van der Waals surface area contributed by atoms with E-state index in [2.05, 4.69) is 21.2 Å². The maximum absolute atomic E-state index is 14.0. The largest absolute Gasteiger partial charge is 0.466 e. The number of nitrogens with zero attached hydrogens (tertiary/aromatic N) is 1. The number of aliphatic hydroxyl groups is 1. The normalized spacial score (nSPS) is 32.5. The van der Waals surface area contributed by atoms with Gasteiger partial charge >= 0.3 is 5.97 Å². The lowest BCUT2D eigenvalue weighted by molar-refractivity contribution is -0.155. The number of unbranched alkanes of at least 4 members (excludes halogenated alkanes) is 1. The fraction of sp³-hybridized carbons (Fsp3) is 0.640. The van der Waals surface area contributed by atoms with E-state index >= 15 is 0 Å². The molecule has 2 amide bonds. The summed E-state index contributed by atoms with van der Waals surface area (Å²) < 4.78 is 11.7. The van der Waals surface area contributed by atoms with Crippen molar-refractivity contribution in [1.82, 2.24) is 10.2 Å². The Bertz CT molecular complexity index is 914. The topological polar surface area (TPSA) is 105 Å². The second-order valence-electron chi connectivity index (χ2n) is 9.33. The van der Waals surface area contributed by atoms with Crippen LogP contribution in [0.2, 0.25) is 0 Å². The number of benzene rings is 1. The maximum Gasteiger partial charge on any atom is 0.312 e. The van der Waals surface area contributed by atoms with E-state index in [4.69, 9.17) is 9.47 Å².